The summed E-state index contributed by atoms with van der Waals surface area (Å²) in [6.07, 6.45) is 0. The van der Waals surface area contributed by atoms with Crippen LogP contribution in [-0.2, 0) is 17.0 Å². The molecule has 0 aromatic rings. The van der Waals surface area contributed by atoms with E-state index in [9.17, 15) is 20.0 Å². The van der Waals surface area contributed by atoms with Gasteiger partial charge in [0.2, 0.25) is 0 Å². The third-order valence-electron chi connectivity index (χ3n) is 0.797. The summed E-state index contributed by atoms with van der Waals surface area (Å²) in [4.78, 5) is 20.1. The van der Waals surface area contributed by atoms with Crippen LogP contribution in [0.4, 0.5) is 10.4 Å². The maximum atomic E-state index is 12.4. The first-order chi connectivity index (χ1) is 4.51. The van der Waals surface area contributed by atoms with E-state index in [-0.39, 0.29) is 5.71 Å². The van der Waals surface area contributed by atoms with E-state index in [0.717, 1.165) is 0 Å². The summed E-state index contributed by atoms with van der Waals surface area (Å²) in [5.74, 6) is -3.97. The van der Waals surface area contributed by atoms with E-state index in [1.165, 1.54) is 0 Å². The van der Waals surface area contributed by atoms with Gasteiger partial charge in [-0.25, -0.2) is 0 Å². The van der Waals surface area contributed by atoms with E-state index in [4.69, 9.17) is 0 Å². The molecule has 11 heavy (non-hydrogen) atoms. The molecule has 1 aliphatic rings. The Bertz CT molecular complexity index is 241. The second-order valence-corrected chi connectivity index (χ2v) is 9.59. The molecule has 1 rings (SSSR count). The SMILES string of the molecule is C[As-]1(F)(F)(F)OC(=O)C(=O)O1. The van der Waals surface area contributed by atoms with E-state index in [1.54, 1.807) is 0 Å². The fraction of sp³-hybridized carbons (Fsp3) is 0.333. The summed E-state index contributed by atoms with van der Waals surface area (Å²) in [5.41, 5.74) is -0.285. The zero-order chi connectivity index (χ0) is 8.98. The van der Waals surface area contributed by atoms with Crippen LogP contribution in [0.2, 0.25) is 5.71 Å². The van der Waals surface area contributed by atoms with Crippen LogP contribution in [-0.4, -0.2) is 25.4 Å². The van der Waals surface area contributed by atoms with Gasteiger partial charge in [-0.2, -0.15) is 0 Å². The van der Waals surface area contributed by atoms with Crippen molar-refractivity contribution in [1.82, 2.24) is 0 Å². The number of halogens is 3. The van der Waals surface area contributed by atoms with E-state index in [0.29, 0.717) is 0 Å². The fourth-order valence-corrected chi connectivity index (χ4v) is 2.67. The Balaban J connectivity index is 3.18. The standard InChI is InChI=1S/C3H3AsF3O4/c1-4(5,6,7)10-2(8)3(9)11-4/h1H3/q-1. The monoisotopic (exact) mass is 235 g/mol. The number of hydrogen-bond donors (Lipinski definition) is 0. The summed E-state index contributed by atoms with van der Waals surface area (Å²) in [6, 6.07) is 0. The van der Waals surface area contributed by atoms with Crippen molar-refractivity contribution in [2.24, 2.45) is 0 Å². The molecule has 0 N–H and O–H groups in total. The fourth-order valence-electron chi connectivity index (χ4n) is 0.515. The molecule has 66 valence electrons. The van der Waals surface area contributed by atoms with Crippen molar-refractivity contribution in [1.29, 1.82) is 0 Å². The molecule has 0 aromatic carbocycles. The van der Waals surface area contributed by atoms with Crippen molar-refractivity contribution in [2.45, 2.75) is 5.71 Å². The molecule has 1 heterocycles. The summed E-state index contributed by atoms with van der Waals surface area (Å²) in [7, 11) is 0. The van der Waals surface area contributed by atoms with E-state index in [1.807, 2.05) is 0 Å². The van der Waals surface area contributed by atoms with Gasteiger partial charge in [-0.05, 0) is 0 Å². The van der Waals surface area contributed by atoms with Crippen LogP contribution in [0, 0.1) is 0 Å². The Morgan fingerprint density at radius 3 is 1.45 bits per heavy atom. The molecule has 1 saturated heterocycles. The minimum absolute atomic E-state index is 0.285. The van der Waals surface area contributed by atoms with Crippen molar-refractivity contribution in [3.8, 4) is 0 Å². The van der Waals surface area contributed by atoms with Crippen molar-refractivity contribution in [3.05, 3.63) is 0 Å². The van der Waals surface area contributed by atoms with Crippen LogP contribution >= 0.6 is 0 Å². The zero-order valence-electron chi connectivity index (χ0n) is 5.21. The van der Waals surface area contributed by atoms with Gasteiger partial charge in [0.05, 0.1) is 0 Å². The van der Waals surface area contributed by atoms with Gasteiger partial charge in [0.15, 0.2) is 0 Å². The number of rotatable bonds is 0. The van der Waals surface area contributed by atoms with Crippen molar-refractivity contribution < 1.29 is 27.4 Å². The average Bonchev–Trinajstić information content (AvgIpc) is 1.70. The second-order valence-electron chi connectivity index (χ2n) is 2.31. The van der Waals surface area contributed by atoms with Gasteiger partial charge in [-0.15, -0.1) is 0 Å². The van der Waals surface area contributed by atoms with Crippen molar-refractivity contribution in [3.63, 3.8) is 0 Å². The average molecular weight is 235 g/mol. The molecule has 0 bridgehead atoms. The summed E-state index contributed by atoms with van der Waals surface area (Å²) in [6.45, 7) is 0. The van der Waals surface area contributed by atoms with Crippen LogP contribution in [0.1, 0.15) is 0 Å². The minimum atomic E-state index is -8.43. The third-order valence-corrected chi connectivity index (χ3v) is 3.44. The van der Waals surface area contributed by atoms with Gasteiger partial charge < -0.3 is 0 Å². The Kier molecular flexibility index (Phi) is 0.979. The molecule has 1 aliphatic heterocycles. The van der Waals surface area contributed by atoms with Crippen molar-refractivity contribution >= 4 is 25.4 Å². The molecule has 0 radical (unpaired) electrons. The molecular formula is C3H3AsF3O4-. The third kappa shape index (κ3) is 1.65. The van der Waals surface area contributed by atoms with Crippen LogP contribution in [0.3, 0.4) is 0 Å². The van der Waals surface area contributed by atoms with E-state index < -0.39 is 25.4 Å². The van der Waals surface area contributed by atoms with Gasteiger partial charge in [0.1, 0.15) is 0 Å². The molecule has 0 spiro atoms. The second kappa shape index (κ2) is 1.28. The van der Waals surface area contributed by atoms with Crippen LogP contribution < -0.4 is 0 Å². The van der Waals surface area contributed by atoms with Gasteiger partial charge in [0.25, 0.3) is 0 Å². The molecule has 0 amide bonds. The molecule has 1 fully saturated rings. The van der Waals surface area contributed by atoms with Gasteiger partial charge >= 0.3 is 58.5 Å². The number of carbonyl (C=O) groups excluding carboxylic acids is 2. The van der Waals surface area contributed by atoms with Crippen LogP contribution in [0.15, 0.2) is 0 Å². The molecule has 0 aromatic heterocycles. The number of hydrogen-bond acceptors (Lipinski definition) is 4. The molecule has 0 atom stereocenters. The Hall–Kier alpha value is -0.712. The predicted molar refractivity (Wildman–Crippen MR) is 27.1 cm³/mol. The molecule has 4 nitrogen and oxygen atoms in total. The summed E-state index contributed by atoms with van der Waals surface area (Å²) in [5, 5.41) is 0. The molecule has 0 saturated carbocycles. The van der Waals surface area contributed by atoms with Gasteiger partial charge in [-0.1, -0.05) is 0 Å². The summed E-state index contributed by atoms with van der Waals surface area (Å²) >= 11 is -8.43. The van der Waals surface area contributed by atoms with Gasteiger partial charge in [0, 0.05) is 0 Å². The first-order valence-electron chi connectivity index (χ1n) is 2.39. The molecule has 0 unspecified atom stereocenters. The molecular weight excluding hydrogens is 232 g/mol. The van der Waals surface area contributed by atoms with Crippen molar-refractivity contribution in [2.75, 3.05) is 0 Å². The van der Waals surface area contributed by atoms with Crippen LogP contribution in [0.5, 0.6) is 0 Å². The zero-order valence-corrected chi connectivity index (χ0v) is 7.09. The van der Waals surface area contributed by atoms with E-state index in [2.05, 4.69) is 7.45 Å². The Labute approximate surface area is 59.3 Å². The first-order valence-corrected chi connectivity index (χ1v) is 7.92. The Morgan fingerprint density at radius 2 is 1.36 bits per heavy atom. The van der Waals surface area contributed by atoms with Crippen LogP contribution in [0.25, 0.3) is 0 Å². The number of carbonyl (C=O) groups is 2. The molecule has 0 aliphatic carbocycles. The normalized spacial score (nSPS) is 37.1. The quantitative estimate of drug-likeness (QED) is 0.452. The molecule has 8 heteroatoms. The summed E-state index contributed by atoms with van der Waals surface area (Å²) < 4.78 is 43.3. The van der Waals surface area contributed by atoms with E-state index >= 15 is 0 Å². The first kappa shape index (κ1) is 8.39. The van der Waals surface area contributed by atoms with Gasteiger partial charge in [-0.3, -0.25) is 0 Å². The maximum absolute atomic E-state index is 12.4. The topological polar surface area (TPSA) is 52.6 Å². The Morgan fingerprint density at radius 1 is 1.09 bits per heavy atom. The predicted octanol–water partition coefficient (Wildman–Crippen LogP) is 0.465.